The third-order valence-corrected chi connectivity index (χ3v) is 4.60. The van der Waals surface area contributed by atoms with Crippen LogP contribution in [0.25, 0.3) is 0 Å². The van der Waals surface area contributed by atoms with Crippen molar-refractivity contribution < 1.29 is 14.5 Å². The standard InChI is InChI=1S/C17H16BrN3O4/c18-15-10-19-16(21(23)24)9-14(15)17(22)20-11-4-3-7-13(8-11)25-12-5-1-2-6-12/h3-4,7-10,12H,1-2,5-6H2,(H,20,22). The molecule has 1 saturated carbocycles. The lowest BCUT2D eigenvalue weighted by Gasteiger charge is -2.14. The van der Waals surface area contributed by atoms with E-state index < -0.39 is 10.8 Å². The number of halogens is 1. The van der Waals surface area contributed by atoms with E-state index in [4.69, 9.17) is 4.74 Å². The quantitative estimate of drug-likeness (QED) is 0.589. The van der Waals surface area contributed by atoms with Gasteiger partial charge in [-0.15, -0.1) is 0 Å². The first-order valence-electron chi connectivity index (χ1n) is 7.91. The molecule has 7 nitrogen and oxygen atoms in total. The fourth-order valence-electron chi connectivity index (χ4n) is 2.75. The monoisotopic (exact) mass is 405 g/mol. The molecule has 3 rings (SSSR count). The van der Waals surface area contributed by atoms with E-state index in [2.05, 4.69) is 26.2 Å². The van der Waals surface area contributed by atoms with Crippen molar-refractivity contribution in [3.8, 4) is 5.75 Å². The Morgan fingerprint density at radius 1 is 1.32 bits per heavy atom. The Labute approximate surface area is 152 Å². The average Bonchev–Trinajstić information content (AvgIpc) is 3.08. The minimum absolute atomic E-state index is 0.142. The van der Waals surface area contributed by atoms with Gasteiger partial charge in [0.05, 0.1) is 16.1 Å². The largest absolute Gasteiger partial charge is 0.490 e. The average molecular weight is 406 g/mol. The Balaban J connectivity index is 1.74. The first-order chi connectivity index (χ1) is 12.0. The molecule has 0 bridgehead atoms. The van der Waals surface area contributed by atoms with Gasteiger partial charge in [0, 0.05) is 17.8 Å². The van der Waals surface area contributed by atoms with Crippen molar-refractivity contribution in [1.29, 1.82) is 0 Å². The summed E-state index contributed by atoms with van der Waals surface area (Å²) in [7, 11) is 0. The second-order valence-corrected chi connectivity index (χ2v) is 6.64. The molecule has 1 aromatic heterocycles. The fourth-order valence-corrected chi connectivity index (χ4v) is 3.14. The van der Waals surface area contributed by atoms with Crippen molar-refractivity contribution in [3.63, 3.8) is 0 Å². The van der Waals surface area contributed by atoms with E-state index in [0.717, 1.165) is 18.9 Å². The second kappa shape index (κ2) is 7.60. The van der Waals surface area contributed by atoms with Crippen molar-refractivity contribution in [3.05, 3.63) is 56.7 Å². The van der Waals surface area contributed by atoms with E-state index in [9.17, 15) is 14.9 Å². The Morgan fingerprint density at radius 2 is 2.08 bits per heavy atom. The van der Waals surface area contributed by atoms with Crippen LogP contribution in [0.4, 0.5) is 11.5 Å². The van der Waals surface area contributed by atoms with Crippen molar-refractivity contribution in [2.24, 2.45) is 0 Å². The highest BCUT2D eigenvalue weighted by molar-refractivity contribution is 9.10. The summed E-state index contributed by atoms with van der Waals surface area (Å²) < 4.78 is 6.30. The molecule has 1 amide bonds. The van der Waals surface area contributed by atoms with Gasteiger partial charge in [-0.2, -0.15) is 0 Å². The number of ether oxygens (including phenoxy) is 1. The molecule has 1 heterocycles. The molecule has 0 unspecified atom stereocenters. The Bertz CT molecular complexity index is 806. The summed E-state index contributed by atoms with van der Waals surface area (Å²) in [6, 6.07) is 8.27. The second-order valence-electron chi connectivity index (χ2n) is 5.79. The van der Waals surface area contributed by atoms with Gasteiger partial charge in [-0.05, 0) is 63.7 Å². The Kier molecular flexibility index (Phi) is 5.28. The SMILES string of the molecule is O=C(Nc1cccc(OC2CCCC2)c1)c1cc([N+](=O)[O-])ncc1Br. The highest BCUT2D eigenvalue weighted by Crippen LogP contribution is 2.26. The Hall–Kier alpha value is -2.48. The van der Waals surface area contributed by atoms with Crippen LogP contribution in [0, 0.1) is 10.1 Å². The molecule has 8 heteroatoms. The molecule has 0 saturated heterocycles. The molecule has 0 spiro atoms. The number of nitrogens with one attached hydrogen (secondary N) is 1. The summed E-state index contributed by atoms with van der Waals surface area (Å²) in [6.07, 6.45) is 5.91. The zero-order valence-electron chi connectivity index (χ0n) is 13.3. The van der Waals surface area contributed by atoms with E-state index in [1.54, 1.807) is 18.2 Å². The predicted molar refractivity (Wildman–Crippen MR) is 95.9 cm³/mol. The molecule has 25 heavy (non-hydrogen) atoms. The van der Waals surface area contributed by atoms with Crippen LogP contribution in [-0.4, -0.2) is 21.9 Å². The number of amides is 1. The summed E-state index contributed by atoms with van der Waals surface area (Å²) in [5.41, 5.74) is 0.704. The normalized spacial score (nSPS) is 14.3. The summed E-state index contributed by atoms with van der Waals surface area (Å²) in [6.45, 7) is 0. The molecule has 130 valence electrons. The van der Waals surface area contributed by atoms with Crippen molar-refractivity contribution in [2.45, 2.75) is 31.8 Å². The number of carbonyl (C=O) groups excluding carboxylic acids is 1. The number of aromatic nitrogens is 1. The third-order valence-electron chi connectivity index (χ3n) is 3.97. The lowest BCUT2D eigenvalue weighted by molar-refractivity contribution is -0.389. The summed E-state index contributed by atoms with van der Waals surface area (Å²) in [5, 5.41) is 13.6. The van der Waals surface area contributed by atoms with Crippen molar-refractivity contribution >= 4 is 33.3 Å². The number of nitrogens with zero attached hydrogens (tertiary/aromatic N) is 2. The van der Waals surface area contributed by atoms with Gasteiger partial charge in [0.1, 0.15) is 5.75 Å². The maximum absolute atomic E-state index is 12.4. The molecular weight excluding hydrogens is 390 g/mol. The van der Waals surface area contributed by atoms with Gasteiger partial charge in [-0.25, -0.2) is 0 Å². The van der Waals surface area contributed by atoms with E-state index in [1.807, 2.05) is 6.07 Å². The number of anilines is 1. The first kappa shape index (κ1) is 17.3. The van der Waals surface area contributed by atoms with E-state index in [1.165, 1.54) is 19.0 Å². The molecule has 1 aliphatic rings. The Morgan fingerprint density at radius 3 is 2.80 bits per heavy atom. The van der Waals surface area contributed by atoms with Gasteiger partial charge in [0.25, 0.3) is 5.91 Å². The lowest BCUT2D eigenvalue weighted by Crippen LogP contribution is -2.14. The summed E-state index contributed by atoms with van der Waals surface area (Å²) in [5.74, 6) is -0.147. The van der Waals surface area contributed by atoms with Gasteiger partial charge in [-0.1, -0.05) is 6.07 Å². The third kappa shape index (κ3) is 4.33. The van der Waals surface area contributed by atoms with E-state index in [-0.39, 0.29) is 17.5 Å². The molecule has 1 fully saturated rings. The summed E-state index contributed by atoms with van der Waals surface area (Å²) in [4.78, 5) is 26.3. The van der Waals surface area contributed by atoms with Gasteiger partial charge in [0.2, 0.25) is 0 Å². The van der Waals surface area contributed by atoms with Crippen LogP contribution in [0.15, 0.2) is 41.0 Å². The number of rotatable bonds is 5. The van der Waals surface area contributed by atoms with Crippen molar-refractivity contribution in [2.75, 3.05) is 5.32 Å². The molecule has 0 aliphatic heterocycles. The van der Waals surface area contributed by atoms with Gasteiger partial charge in [-0.3, -0.25) is 4.79 Å². The first-order valence-corrected chi connectivity index (χ1v) is 8.70. The number of hydrogen-bond donors (Lipinski definition) is 1. The highest BCUT2D eigenvalue weighted by atomic mass is 79.9. The highest BCUT2D eigenvalue weighted by Gasteiger charge is 2.19. The van der Waals surface area contributed by atoms with Crippen LogP contribution < -0.4 is 10.1 Å². The molecule has 1 aliphatic carbocycles. The zero-order valence-corrected chi connectivity index (χ0v) is 14.9. The maximum atomic E-state index is 12.4. The van der Waals surface area contributed by atoms with Crippen LogP contribution in [0.2, 0.25) is 0 Å². The predicted octanol–water partition coefficient (Wildman–Crippen LogP) is 4.33. The molecular formula is C17H16BrN3O4. The van der Waals surface area contributed by atoms with Gasteiger partial charge < -0.3 is 20.2 Å². The number of hydrogen-bond acceptors (Lipinski definition) is 5. The summed E-state index contributed by atoms with van der Waals surface area (Å²) >= 11 is 3.20. The van der Waals surface area contributed by atoms with Crippen LogP contribution in [0.5, 0.6) is 5.75 Å². The molecule has 0 atom stereocenters. The zero-order chi connectivity index (χ0) is 17.8. The van der Waals surface area contributed by atoms with Crippen LogP contribution in [0.3, 0.4) is 0 Å². The smallest absolute Gasteiger partial charge is 0.364 e. The minimum atomic E-state index is -0.640. The van der Waals surface area contributed by atoms with Crippen LogP contribution in [0.1, 0.15) is 36.0 Å². The molecule has 2 aromatic rings. The number of benzene rings is 1. The molecule has 0 radical (unpaired) electrons. The van der Waals surface area contributed by atoms with Crippen LogP contribution >= 0.6 is 15.9 Å². The van der Waals surface area contributed by atoms with Gasteiger partial charge >= 0.3 is 5.82 Å². The van der Waals surface area contributed by atoms with Gasteiger partial charge in [0.15, 0.2) is 6.20 Å². The maximum Gasteiger partial charge on any atom is 0.364 e. The molecule has 1 aromatic carbocycles. The number of nitro groups is 1. The molecule has 1 N–H and O–H groups in total. The topological polar surface area (TPSA) is 94.4 Å². The van der Waals surface area contributed by atoms with E-state index in [0.29, 0.717) is 15.9 Å². The van der Waals surface area contributed by atoms with Crippen molar-refractivity contribution in [1.82, 2.24) is 4.98 Å². The van der Waals surface area contributed by atoms with Crippen LogP contribution in [-0.2, 0) is 0 Å². The minimum Gasteiger partial charge on any atom is -0.490 e. The number of carbonyl (C=O) groups is 1. The number of pyridine rings is 1. The fraction of sp³-hybridized carbons (Fsp3) is 0.294. The van der Waals surface area contributed by atoms with E-state index >= 15 is 0 Å². The lowest BCUT2D eigenvalue weighted by atomic mass is 10.2.